The first-order chi connectivity index (χ1) is 13.2. The molecule has 0 aliphatic heterocycles. The lowest BCUT2D eigenvalue weighted by molar-refractivity contribution is -0.120. The van der Waals surface area contributed by atoms with Crippen molar-refractivity contribution in [3.63, 3.8) is 0 Å². The van der Waals surface area contributed by atoms with Gasteiger partial charge in [0.05, 0.1) is 6.42 Å². The summed E-state index contributed by atoms with van der Waals surface area (Å²) in [6.45, 7) is 0.680. The predicted molar refractivity (Wildman–Crippen MR) is 116 cm³/mol. The number of carbonyl (C=O) groups is 1. The third kappa shape index (κ3) is 6.46. The number of amides is 1. The molecule has 0 spiro atoms. The molecule has 0 aromatic heterocycles. The highest BCUT2D eigenvalue weighted by atomic mass is 35.5. The number of thioether (sulfide) groups is 1. The fourth-order valence-electron chi connectivity index (χ4n) is 2.73. The van der Waals surface area contributed by atoms with Crippen LogP contribution in [0.5, 0.6) is 0 Å². The number of benzene rings is 3. The van der Waals surface area contributed by atoms with Gasteiger partial charge in [-0.15, -0.1) is 0 Å². The van der Waals surface area contributed by atoms with E-state index in [1.165, 1.54) is 16.7 Å². The van der Waals surface area contributed by atoms with Crippen LogP contribution in [0.25, 0.3) is 11.1 Å². The SMILES string of the molecule is O=C(Cc1ccc(-c2ccccc2)cc1)NCCSCc1ccc(Cl)cc1. The normalized spacial score (nSPS) is 10.6. The Bertz CT molecular complexity index is 848. The molecular weight excluding hydrogens is 374 g/mol. The van der Waals surface area contributed by atoms with Gasteiger partial charge in [0, 0.05) is 23.1 Å². The summed E-state index contributed by atoms with van der Waals surface area (Å²) in [6, 6.07) is 26.3. The van der Waals surface area contributed by atoms with Gasteiger partial charge < -0.3 is 5.32 Å². The molecule has 0 atom stereocenters. The maximum atomic E-state index is 12.1. The molecule has 27 heavy (non-hydrogen) atoms. The number of rotatable bonds is 8. The average Bonchev–Trinajstić information content (AvgIpc) is 2.70. The van der Waals surface area contributed by atoms with E-state index >= 15 is 0 Å². The monoisotopic (exact) mass is 395 g/mol. The average molecular weight is 396 g/mol. The minimum atomic E-state index is 0.0644. The van der Waals surface area contributed by atoms with Crippen LogP contribution in [0.15, 0.2) is 78.9 Å². The molecule has 4 heteroatoms. The molecule has 0 bridgehead atoms. The number of nitrogens with one attached hydrogen (secondary N) is 1. The third-order valence-corrected chi connectivity index (χ3v) is 5.46. The van der Waals surface area contributed by atoms with Gasteiger partial charge in [-0.25, -0.2) is 0 Å². The topological polar surface area (TPSA) is 29.1 Å². The van der Waals surface area contributed by atoms with E-state index in [1.54, 1.807) is 11.8 Å². The summed E-state index contributed by atoms with van der Waals surface area (Å²) in [6.07, 6.45) is 0.414. The fraction of sp³-hybridized carbons (Fsp3) is 0.174. The van der Waals surface area contributed by atoms with Crippen molar-refractivity contribution < 1.29 is 4.79 Å². The van der Waals surface area contributed by atoms with E-state index in [4.69, 9.17) is 11.6 Å². The van der Waals surface area contributed by atoms with Crippen LogP contribution < -0.4 is 5.32 Å². The van der Waals surface area contributed by atoms with Gasteiger partial charge >= 0.3 is 0 Å². The van der Waals surface area contributed by atoms with Crippen LogP contribution in [0.1, 0.15) is 11.1 Å². The zero-order valence-corrected chi connectivity index (χ0v) is 16.6. The van der Waals surface area contributed by atoms with Gasteiger partial charge in [-0.1, -0.05) is 78.3 Å². The molecule has 138 valence electrons. The van der Waals surface area contributed by atoms with Crippen LogP contribution in [-0.4, -0.2) is 18.2 Å². The summed E-state index contributed by atoms with van der Waals surface area (Å²) in [7, 11) is 0. The van der Waals surface area contributed by atoms with Crippen molar-refractivity contribution in [3.8, 4) is 11.1 Å². The predicted octanol–water partition coefficient (Wildman–Crippen LogP) is 5.60. The van der Waals surface area contributed by atoms with Gasteiger partial charge in [-0.3, -0.25) is 4.79 Å². The summed E-state index contributed by atoms with van der Waals surface area (Å²) in [5.41, 5.74) is 4.62. The summed E-state index contributed by atoms with van der Waals surface area (Å²) in [4.78, 5) is 12.1. The Labute approximate surface area is 170 Å². The second-order valence-corrected chi connectivity index (χ2v) is 7.81. The number of halogens is 1. The molecule has 3 aromatic carbocycles. The highest BCUT2D eigenvalue weighted by Crippen LogP contribution is 2.19. The van der Waals surface area contributed by atoms with E-state index in [0.717, 1.165) is 22.1 Å². The van der Waals surface area contributed by atoms with Gasteiger partial charge in [0.25, 0.3) is 0 Å². The molecule has 0 aliphatic carbocycles. The minimum Gasteiger partial charge on any atom is -0.355 e. The van der Waals surface area contributed by atoms with Gasteiger partial charge in [0.1, 0.15) is 0 Å². The molecule has 0 saturated carbocycles. The Morgan fingerprint density at radius 1 is 0.815 bits per heavy atom. The van der Waals surface area contributed by atoms with Gasteiger partial charge in [0.15, 0.2) is 0 Å². The molecule has 3 rings (SSSR count). The lowest BCUT2D eigenvalue weighted by Gasteiger charge is -2.07. The molecule has 0 fully saturated rings. The van der Waals surface area contributed by atoms with Crippen LogP contribution >= 0.6 is 23.4 Å². The second kappa shape index (κ2) is 10.2. The molecule has 1 amide bonds. The van der Waals surface area contributed by atoms with Crippen LogP contribution in [0.4, 0.5) is 0 Å². The van der Waals surface area contributed by atoms with Crippen molar-refractivity contribution in [2.75, 3.05) is 12.3 Å². The third-order valence-electron chi connectivity index (χ3n) is 4.18. The van der Waals surface area contributed by atoms with Crippen LogP contribution in [0, 0.1) is 0 Å². The molecule has 1 N–H and O–H groups in total. The highest BCUT2D eigenvalue weighted by molar-refractivity contribution is 7.98. The zero-order valence-electron chi connectivity index (χ0n) is 15.0. The van der Waals surface area contributed by atoms with Gasteiger partial charge in [0.2, 0.25) is 5.91 Å². The first kappa shape index (κ1) is 19.5. The van der Waals surface area contributed by atoms with Crippen molar-refractivity contribution >= 4 is 29.3 Å². The van der Waals surface area contributed by atoms with Crippen LogP contribution in [0.3, 0.4) is 0 Å². The first-order valence-corrected chi connectivity index (χ1v) is 10.5. The van der Waals surface area contributed by atoms with E-state index in [9.17, 15) is 4.79 Å². The lowest BCUT2D eigenvalue weighted by Crippen LogP contribution is -2.27. The zero-order chi connectivity index (χ0) is 18.9. The van der Waals surface area contributed by atoms with Crippen LogP contribution in [-0.2, 0) is 17.0 Å². The minimum absolute atomic E-state index is 0.0644. The quantitative estimate of drug-likeness (QED) is 0.503. The Kier molecular flexibility index (Phi) is 7.37. The first-order valence-electron chi connectivity index (χ1n) is 8.94. The number of hydrogen-bond acceptors (Lipinski definition) is 2. The molecule has 0 radical (unpaired) electrons. The molecule has 0 heterocycles. The van der Waals surface area contributed by atoms with E-state index < -0.39 is 0 Å². The Hall–Kier alpha value is -2.23. The smallest absolute Gasteiger partial charge is 0.224 e. The largest absolute Gasteiger partial charge is 0.355 e. The molecule has 0 unspecified atom stereocenters. The molecule has 3 aromatic rings. The maximum absolute atomic E-state index is 12.1. The second-order valence-electron chi connectivity index (χ2n) is 6.27. The van der Waals surface area contributed by atoms with E-state index in [0.29, 0.717) is 13.0 Å². The Balaban J connectivity index is 1.37. The summed E-state index contributed by atoms with van der Waals surface area (Å²) in [5, 5.41) is 3.75. The lowest BCUT2D eigenvalue weighted by atomic mass is 10.0. The van der Waals surface area contributed by atoms with E-state index in [2.05, 4.69) is 29.6 Å². The fourth-order valence-corrected chi connectivity index (χ4v) is 3.67. The van der Waals surface area contributed by atoms with Gasteiger partial charge in [-0.2, -0.15) is 11.8 Å². The van der Waals surface area contributed by atoms with Crippen molar-refractivity contribution in [2.24, 2.45) is 0 Å². The van der Waals surface area contributed by atoms with Crippen molar-refractivity contribution in [1.82, 2.24) is 5.32 Å². The molecule has 0 saturated heterocycles. The number of carbonyl (C=O) groups excluding carboxylic acids is 1. The van der Waals surface area contributed by atoms with E-state index in [1.807, 2.05) is 54.6 Å². The van der Waals surface area contributed by atoms with Crippen molar-refractivity contribution in [2.45, 2.75) is 12.2 Å². The Morgan fingerprint density at radius 2 is 1.44 bits per heavy atom. The summed E-state index contributed by atoms with van der Waals surface area (Å²) in [5.74, 6) is 1.88. The molecule has 2 nitrogen and oxygen atoms in total. The van der Waals surface area contributed by atoms with Crippen molar-refractivity contribution in [3.05, 3.63) is 95.0 Å². The highest BCUT2D eigenvalue weighted by Gasteiger charge is 2.04. The standard InChI is InChI=1S/C23H22ClNOS/c24-22-12-8-19(9-13-22)17-27-15-14-25-23(26)16-18-6-10-21(11-7-18)20-4-2-1-3-5-20/h1-13H,14-17H2,(H,25,26). The number of hydrogen-bond donors (Lipinski definition) is 1. The van der Waals surface area contributed by atoms with Crippen LogP contribution in [0.2, 0.25) is 5.02 Å². The van der Waals surface area contributed by atoms with Gasteiger partial charge in [-0.05, 0) is 34.4 Å². The summed E-state index contributed by atoms with van der Waals surface area (Å²) < 4.78 is 0. The van der Waals surface area contributed by atoms with Crippen molar-refractivity contribution in [1.29, 1.82) is 0 Å². The maximum Gasteiger partial charge on any atom is 0.224 e. The molecular formula is C23H22ClNOS. The molecule has 0 aliphatic rings. The summed E-state index contributed by atoms with van der Waals surface area (Å²) >= 11 is 7.68. The van der Waals surface area contributed by atoms with E-state index in [-0.39, 0.29) is 5.91 Å². The Morgan fingerprint density at radius 3 is 2.15 bits per heavy atom.